The summed E-state index contributed by atoms with van der Waals surface area (Å²) in [5, 5.41) is 8.62. The topological polar surface area (TPSA) is 46.5 Å². The van der Waals surface area contributed by atoms with E-state index < -0.39 is 0 Å². The van der Waals surface area contributed by atoms with Gasteiger partial charge < -0.3 is 9.84 Å². The first kappa shape index (κ1) is 26.1. The van der Waals surface area contributed by atoms with E-state index in [0.29, 0.717) is 19.4 Å². The van der Waals surface area contributed by atoms with Gasteiger partial charge >= 0.3 is 5.97 Å². The summed E-state index contributed by atoms with van der Waals surface area (Å²) < 4.78 is 4.99. The molecule has 3 heteroatoms. The molecule has 0 rings (SSSR count). The number of allylic oxidation sites excluding steroid dienone is 10. The molecule has 0 atom stereocenters. The lowest BCUT2D eigenvalue weighted by Crippen LogP contribution is -2.06. The fraction of sp³-hybridized carbons (Fsp3) is 0.560. The van der Waals surface area contributed by atoms with E-state index in [9.17, 15) is 4.79 Å². The van der Waals surface area contributed by atoms with E-state index in [0.717, 1.165) is 57.8 Å². The first-order valence-corrected chi connectivity index (χ1v) is 10.8. The molecular weight excluding hydrogens is 348 g/mol. The van der Waals surface area contributed by atoms with E-state index in [2.05, 4.69) is 67.7 Å². The maximum Gasteiger partial charge on any atom is 0.305 e. The third kappa shape index (κ3) is 22.2. The molecule has 0 fully saturated rings. The summed E-state index contributed by atoms with van der Waals surface area (Å²) in [6.07, 6.45) is 32.3. The lowest BCUT2D eigenvalue weighted by Gasteiger charge is -2.02. The van der Waals surface area contributed by atoms with Crippen LogP contribution in [0.15, 0.2) is 60.8 Å². The van der Waals surface area contributed by atoms with Crippen LogP contribution in [0, 0.1) is 0 Å². The molecule has 1 N–H and O–H groups in total. The monoisotopic (exact) mass is 388 g/mol. The molecule has 0 aromatic carbocycles. The molecular formula is C25H40O3. The normalized spacial score (nSPS) is 12.5. The zero-order valence-corrected chi connectivity index (χ0v) is 17.7. The van der Waals surface area contributed by atoms with E-state index in [1.807, 2.05) is 0 Å². The van der Waals surface area contributed by atoms with Gasteiger partial charge in [-0.3, -0.25) is 4.79 Å². The summed E-state index contributed by atoms with van der Waals surface area (Å²) >= 11 is 0. The smallest absolute Gasteiger partial charge is 0.305 e. The lowest BCUT2D eigenvalue weighted by atomic mass is 10.1. The number of aliphatic hydroxyl groups is 1. The molecule has 0 aliphatic rings. The number of esters is 1. The Morgan fingerprint density at radius 1 is 0.714 bits per heavy atom. The first-order chi connectivity index (χ1) is 13.8. The summed E-state index contributed by atoms with van der Waals surface area (Å²) in [5.74, 6) is -0.150. The number of carbonyl (C=O) groups is 1. The first-order valence-electron chi connectivity index (χ1n) is 10.8. The van der Waals surface area contributed by atoms with E-state index in [-0.39, 0.29) is 12.6 Å². The standard InChI is InChI=1S/C25H40O3/c1-2-3-4-5-6-7-8-9-10-11-12-13-14-15-16-17-18-19-20-22-25(27)28-24-21-23-26/h3-4,6-7,9-10,12-13,15-16,26H,2,5,8,11,14,17-24H2,1H3/b4-3-,7-6-,10-9-,13-12-,16-15-. The van der Waals surface area contributed by atoms with Crippen LogP contribution in [0.25, 0.3) is 0 Å². The van der Waals surface area contributed by atoms with Gasteiger partial charge in [0.25, 0.3) is 0 Å². The Morgan fingerprint density at radius 3 is 1.79 bits per heavy atom. The van der Waals surface area contributed by atoms with E-state index in [1.165, 1.54) is 0 Å². The number of rotatable bonds is 18. The van der Waals surface area contributed by atoms with Crippen molar-refractivity contribution in [3.8, 4) is 0 Å². The summed E-state index contributed by atoms with van der Waals surface area (Å²) in [4.78, 5) is 11.4. The SMILES string of the molecule is CC/C=C\C/C=C\C/C=C\C/C=C\C/C=C\CCCCCC(=O)OCCCO. The van der Waals surface area contributed by atoms with Crippen LogP contribution in [-0.4, -0.2) is 24.3 Å². The second kappa shape index (κ2) is 23.2. The Hall–Kier alpha value is -1.87. The molecule has 28 heavy (non-hydrogen) atoms. The van der Waals surface area contributed by atoms with Crippen molar-refractivity contribution in [2.75, 3.05) is 13.2 Å². The average molecular weight is 389 g/mol. The van der Waals surface area contributed by atoms with Crippen molar-refractivity contribution in [2.24, 2.45) is 0 Å². The van der Waals surface area contributed by atoms with Gasteiger partial charge in [-0.2, -0.15) is 0 Å². The second-order valence-corrected chi connectivity index (χ2v) is 6.61. The molecule has 0 unspecified atom stereocenters. The molecule has 0 heterocycles. The van der Waals surface area contributed by atoms with Crippen LogP contribution in [0.4, 0.5) is 0 Å². The molecule has 0 amide bonds. The predicted molar refractivity (Wildman–Crippen MR) is 120 cm³/mol. The third-order valence-electron chi connectivity index (χ3n) is 3.97. The van der Waals surface area contributed by atoms with Crippen LogP contribution < -0.4 is 0 Å². The van der Waals surface area contributed by atoms with Crippen molar-refractivity contribution in [1.29, 1.82) is 0 Å². The highest BCUT2D eigenvalue weighted by atomic mass is 16.5. The molecule has 0 bridgehead atoms. The summed E-state index contributed by atoms with van der Waals surface area (Å²) in [6, 6.07) is 0. The van der Waals surface area contributed by atoms with Gasteiger partial charge in [0, 0.05) is 19.4 Å². The minimum atomic E-state index is -0.150. The van der Waals surface area contributed by atoms with Crippen LogP contribution in [0.2, 0.25) is 0 Å². The van der Waals surface area contributed by atoms with Crippen molar-refractivity contribution in [2.45, 2.75) is 77.6 Å². The van der Waals surface area contributed by atoms with E-state index in [4.69, 9.17) is 9.84 Å². The number of hydrogen-bond acceptors (Lipinski definition) is 3. The number of aliphatic hydroxyl groups excluding tert-OH is 1. The molecule has 0 radical (unpaired) electrons. The van der Waals surface area contributed by atoms with Crippen LogP contribution in [0.1, 0.15) is 77.6 Å². The largest absolute Gasteiger partial charge is 0.466 e. The van der Waals surface area contributed by atoms with Gasteiger partial charge in [0.2, 0.25) is 0 Å². The van der Waals surface area contributed by atoms with Gasteiger partial charge in [-0.05, 0) is 51.4 Å². The van der Waals surface area contributed by atoms with Crippen molar-refractivity contribution >= 4 is 5.97 Å². The van der Waals surface area contributed by atoms with Gasteiger partial charge in [-0.25, -0.2) is 0 Å². The Kier molecular flexibility index (Phi) is 21.6. The Bertz CT molecular complexity index is 484. The average Bonchev–Trinajstić information content (AvgIpc) is 2.70. The number of hydrogen-bond donors (Lipinski definition) is 1. The number of unbranched alkanes of at least 4 members (excludes halogenated alkanes) is 3. The fourth-order valence-corrected chi connectivity index (χ4v) is 2.40. The van der Waals surface area contributed by atoms with Crippen LogP contribution >= 0.6 is 0 Å². The zero-order chi connectivity index (χ0) is 20.5. The summed E-state index contributed by atoms with van der Waals surface area (Å²) in [6.45, 7) is 2.55. The van der Waals surface area contributed by atoms with Gasteiger partial charge in [0.05, 0.1) is 6.61 Å². The Labute approximate surface area is 172 Å². The molecule has 158 valence electrons. The van der Waals surface area contributed by atoms with Crippen molar-refractivity contribution in [3.63, 3.8) is 0 Å². The zero-order valence-electron chi connectivity index (χ0n) is 17.7. The molecule has 0 saturated heterocycles. The minimum absolute atomic E-state index is 0.0700. The van der Waals surface area contributed by atoms with E-state index >= 15 is 0 Å². The number of carbonyl (C=O) groups excluding carboxylic acids is 1. The van der Waals surface area contributed by atoms with Crippen LogP contribution in [0.3, 0.4) is 0 Å². The minimum Gasteiger partial charge on any atom is -0.466 e. The third-order valence-corrected chi connectivity index (χ3v) is 3.97. The fourth-order valence-electron chi connectivity index (χ4n) is 2.40. The maximum atomic E-state index is 11.4. The highest BCUT2D eigenvalue weighted by Crippen LogP contribution is 2.05. The number of ether oxygens (including phenoxy) is 1. The second-order valence-electron chi connectivity index (χ2n) is 6.61. The van der Waals surface area contributed by atoms with Crippen LogP contribution in [0.5, 0.6) is 0 Å². The quantitative estimate of drug-likeness (QED) is 0.163. The Balaban J connectivity index is 3.43. The van der Waals surface area contributed by atoms with E-state index in [1.54, 1.807) is 0 Å². The molecule has 0 aromatic heterocycles. The van der Waals surface area contributed by atoms with Gasteiger partial charge in [0.1, 0.15) is 0 Å². The van der Waals surface area contributed by atoms with Crippen molar-refractivity contribution in [1.82, 2.24) is 0 Å². The van der Waals surface area contributed by atoms with Gasteiger partial charge in [-0.15, -0.1) is 0 Å². The highest BCUT2D eigenvalue weighted by Gasteiger charge is 2.01. The van der Waals surface area contributed by atoms with Gasteiger partial charge in [0.15, 0.2) is 0 Å². The lowest BCUT2D eigenvalue weighted by molar-refractivity contribution is -0.144. The highest BCUT2D eigenvalue weighted by molar-refractivity contribution is 5.69. The maximum absolute atomic E-state index is 11.4. The molecule has 0 aromatic rings. The van der Waals surface area contributed by atoms with Gasteiger partial charge in [-0.1, -0.05) is 74.1 Å². The molecule has 3 nitrogen and oxygen atoms in total. The molecule has 0 aliphatic heterocycles. The summed E-state index contributed by atoms with van der Waals surface area (Å²) in [7, 11) is 0. The molecule has 0 aliphatic carbocycles. The van der Waals surface area contributed by atoms with Crippen molar-refractivity contribution in [3.05, 3.63) is 60.8 Å². The molecule has 0 saturated carbocycles. The van der Waals surface area contributed by atoms with Crippen LogP contribution in [-0.2, 0) is 9.53 Å². The Morgan fingerprint density at radius 2 is 1.25 bits per heavy atom. The molecule has 0 spiro atoms. The predicted octanol–water partition coefficient (Wildman–Crippen LogP) is 6.61. The summed E-state index contributed by atoms with van der Waals surface area (Å²) in [5.41, 5.74) is 0. The van der Waals surface area contributed by atoms with Crippen molar-refractivity contribution < 1.29 is 14.6 Å².